The van der Waals surface area contributed by atoms with Crippen LogP contribution >= 0.6 is 7.60 Å². The molecule has 0 heterocycles. The molecule has 0 radical (unpaired) electrons. The SMILES string of the molecule is COP(=O)(OC)C1=CC2CC[C@@H]3[C@@H](CC[C@]4(C)CCC[C@@H]34)[C@@]2(C)CC1C(=O)O. The second kappa shape index (κ2) is 6.96. The average molecular weight is 410 g/mol. The van der Waals surface area contributed by atoms with Crippen molar-refractivity contribution in [3.8, 4) is 0 Å². The molecular formula is C22H35O5P. The number of carboxylic acid groups (broad SMARTS) is 1. The van der Waals surface area contributed by atoms with Crippen molar-refractivity contribution in [1.82, 2.24) is 0 Å². The first-order chi connectivity index (χ1) is 13.2. The van der Waals surface area contributed by atoms with Crippen LogP contribution in [0.4, 0.5) is 0 Å². The Morgan fingerprint density at radius 2 is 1.82 bits per heavy atom. The molecule has 0 spiro atoms. The predicted molar refractivity (Wildman–Crippen MR) is 108 cm³/mol. The van der Waals surface area contributed by atoms with Gasteiger partial charge in [0.1, 0.15) is 0 Å². The van der Waals surface area contributed by atoms with Crippen molar-refractivity contribution in [3.63, 3.8) is 0 Å². The lowest BCUT2D eigenvalue weighted by molar-refractivity contribution is -0.145. The lowest BCUT2D eigenvalue weighted by Crippen LogP contribution is -2.53. The Morgan fingerprint density at radius 1 is 1.11 bits per heavy atom. The Bertz CT molecular complexity index is 724. The molecule has 0 aromatic carbocycles. The van der Waals surface area contributed by atoms with Crippen LogP contribution in [0, 0.1) is 40.4 Å². The van der Waals surface area contributed by atoms with Crippen LogP contribution in [0.1, 0.15) is 65.2 Å². The summed E-state index contributed by atoms with van der Waals surface area (Å²) in [5.41, 5.74) is 0.444. The van der Waals surface area contributed by atoms with Crippen molar-refractivity contribution in [2.45, 2.75) is 65.2 Å². The molecule has 0 aromatic heterocycles. The van der Waals surface area contributed by atoms with E-state index in [1.54, 1.807) is 0 Å². The van der Waals surface area contributed by atoms with E-state index in [-0.39, 0.29) is 11.3 Å². The Labute approximate surface area is 168 Å². The third-order valence-corrected chi connectivity index (χ3v) is 11.2. The second-order valence-electron chi connectivity index (χ2n) is 10.2. The molecule has 0 aromatic rings. The number of fused-ring (bicyclic) bond motifs is 5. The van der Waals surface area contributed by atoms with E-state index in [9.17, 15) is 14.5 Å². The highest BCUT2D eigenvalue weighted by Gasteiger charge is 2.59. The molecule has 4 aliphatic rings. The zero-order chi connectivity index (χ0) is 20.3. The van der Waals surface area contributed by atoms with Gasteiger partial charge in [0, 0.05) is 14.2 Å². The summed E-state index contributed by atoms with van der Waals surface area (Å²) < 4.78 is 23.5. The minimum atomic E-state index is -3.54. The average Bonchev–Trinajstić information content (AvgIpc) is 3.07. The van der Waals surface area contributed by atoms with Crippen LogP contribution in [0.5, 0.6) is 0 Å². The number of aliphatic carboxylic acids is 1. The number of rotatable bonds is 4. The van der Waals surface area contributed by atoms with Crippen LogP contribution < -0.4 is 0 Å². The number of hydrogen-bond acceptors (Lipinski definition) is 4. The maximum atomic E-state index is 13.1. The molecule has 3 saturated carbocycles. The Morgan fingerprint density at radius 3 is 2.46 bits per heavy atom. The Kier molecular flexibility index (Phi) is 5.13. The van der Waals surface area contributed by atoms with Crippen molar-refractivity contribution in [1.29, 1.82) is 0 Å². The van der Waals surface area contributed by atoms with Crippen molar-refractivity contribution in [2.24, 2.45) is 40.4 Å². The fourth-order valence-electron chi connectivity index (χ4n) is 7.70. The monoisotopic (exact) mass is 410 g/mol. The molecule has 5 nitrogen and oxygen atoms in total. The van der Waals surface area contributed by atoms with Gasteiger partial charge in [-0.1, -0.05) is 26.3 Å². The van der Waals surface area contributed by atoms with Crippen LogP contribution in [0.2, 0.25) is 0 Å². The van der Waals surface area contributed by atoms with E-state index in [2.05, 4.69) is 13.8 Å². The fraction of sp³-hybridized carbons (Fsp3) is 0.864. The van der Waals surface area contributed by atoms with Crippen molar-refractivity contribution in [2.75, 3.05) is 14.2 Å². The Balaban J connectivity index is 1.72. The van der Waals surface area contributed by atoms with Gasteiger partial charge in [-0.25, -0.2) is 0 Å². The topological polar surface area (TPSA) is 72.8 Å². The maximum Gasteiger partial charge on any atom is 0.357 e. The second-order valence-corrected chi connectivity index (χ2v) is 12.4. The number of carboxylic acids is 1. The number of hydrogen-bond donors (Lipinski definition) is 1. The molecule has 3 fully saturated rings. The minimum absolute atomic E-state index is 0.0499. The molecule has 4 rings (SSSR count). The molecule has 0 bridgehead atoms. The highest BCUT2D eigenvalue weighted by Crippen LogP contribution is 2.69. The lowest BCUT2D eigenvalue weighted by atomic mass is 9.45. The Hall–Kier alpha value is -0.640. The number of allylic oxidation sites excluding steroid dienone is 1. The fourth-order valence-corrected chi connectivity index (χ4v) is 9.22. The van der Waals surface area contributed by atoms with E-state index in [1.165, 1.54) is 52.7 Å². The first kappa shape index (κ1) is 20.6. The first-order valence-electron chi connectivity index (χ1n) is 10.8. The van der Waals surface area contributed by atoms with E-state index in [4.69, 9.17) is 9.05 Å². The van der Waals surface area contributed by atoms with Gasteiger partial charge in [-0.3, -0.25) is 9.36 Å². The van der Waals surface area contributed by atoms with Crippen LogP contribution in [-0.2, 0) is 18.4 Å². The largest absolute Gasteiger partial charge is 0.481 e. The normalized spacial score (nSPS) is 45.6. The summed E-state index contributed by atoms with van der Waals surface area (Å²) in [7, 11) is -0.857. The smallest absolute Gasteiger partial charge is 0.357 e. The van der Waals surface area contributed by atoms with Crippen molar-refractivity contribution >= 4 is 13.6 Å². The third kappa shape index (κ3) is 2.87. The van der Waals surface area contributed by atoms with Gasteiger partial charge < -0.3 is 14.2 Å². The summed E-state index contributed by atoms with van der Waals surface area (Å²) in [6.45, 7) is 4.79. The summed E-state index contributed by atoms with van der Waals surface area (Å²) in [6.07, 6.45) is 11.3. The van der Waals surface area contributed by atoms with Gasteiger partial charge in [0.25, 0.3) is 0 Å². The summed E-state index contributed by atoms with van der Waals surface area (Å²) in [5, 5.41) is 10.3. The molecule has 2 unspecified atom stereocenters. The van der Waals surface area contributed by atoms with E-state index in [0.29, 0.717) is 29.0 Å². The van der Waals surface area contributed by atoms with Crippen LogP contribution in [0.15, 0.2) is 11.4 Å². The summed E-state index contributed by atoms with van der Waals surface area (Å²) >= 11 is 0. The molecule has 1 N–H and O–H groups in total. The first-order valence-corrected chi connectivity index (χ1v) is 12.4. The van der Waals surface area contributed by atoms with Crippen molar-refractivity contribution in [3.05, 3.63) is 11.4 Å². The van der Waals surface area contributed by atoms with Gasteiger partial charge in [-0.15, -0.1) is 0 Å². The minimum Gasteiger partial charge on any atom is -0.481 e. The van der Waals surface area contributed by atoms with Crippen LogP contribution in [0.3, 0.4) is 0 Å². The summed E-state index contributed by atoms with van der Waals surface area (Å²) in [6, 6.07) is 0. The highest BCUT2D eigenvalue weighted by molar-refractivity contribution is 7.58. The van der Waals surface area contributed by atoms with Crippen LogP contribution in [-0.4, -0.2) is 25.3 Å². The van der Waals surface area contributed by atoms with Gasteiger partial charge in [0.05, 0.1) is 11.2 Å². The standard InChI is InChI=1S/C22H35O5P/c1-21-10-5-6-17(21)15-8-7-14-12-19(28(25,26-3)27-4)16(20(23)24)13-22(14,2)18(15)9-11-21/h12,14-18H,5-11,13H2,1-4H3,(H,23,24)/t14?,15-,16?,17-,18+,21-,22-/m0/s1. The van der Waals surface area contributed by atoms with E-state index < -0.39 is 19.5 Å². The molecule has 0 aliphatic heterocycles. The van der Waals surface area contributed by atoms with Gasteiger partial charge in [-0.2, -0.15) is 0 Å². The summed E-state index contributed by atoms with van der Waals surface area (Å²) in [5.74, 6) is 0.618. The van der Waals surface area contributed by atoms with Gasteiger partial charge >= 0.3 is 13.6 Å². The van der Waals surface area contributed by atoms with Gasteiger partial charge in [-0.05, 0) is 79.4 Å². The molecule has 7 atom stereocenters. The number of carbonyl (C=O) groups is 1. The van der Waals surface area contributed by atoms with E-state index >= 15 is 0 Å². The van der Waals surface area contributed by atoms with Gasteiger partial charge in [0.2, 0.25) is 0 Å². The third-order valence-electron chi connectivity index (χ3n) is 9.19. The molecule has 28 heavy (non-hydrogen) atoms. The van der Waals surface area contributed by atoms with Crippen molar-refractivity contribution < 1.29 is 23.5 Å². The molecular weight excluding hydrogens is 375 g/mol. The highest BCUT2D eigenvalue weighted by atomic mass is 31.2. The van der Waals surface area contributed by atoms with Gasteiger partial charge in [0.15, 0.2) is 0 Å². The zero-order valence-electron chi connectivity index (χ0n) is 17.6. The maximum absolute atomic E-state index is 13.1. The molecule has 0 amide bonds. The summed E-state index contributed by atoms with van der Waals surface area (Å²) in [4.78, 5) is 12.2. The predicted octanol–water partition coefficient (Wildman–Crippen LogP) is 5.71. The van der Waals surface area contributed by atoms with E-state index in [0.717, 1.165) is 12.3 Å². The molecule has 0 saturated heterocycles. The lowest BCUT2D eigenvalue weighted by Gasteiger charge is -2.59. The van der Waals surface area contributed by atoms with Crippen LogP contribution in [0.25, 0.3) is 0 Å². The molecule has 6 heteroatoms. The molecule has 4 aliphatic carbocycles. The molecule has 158 valence electrons. The zero-order valence-corrected chi connectivity index (χ0v) is 18.5. The quantitative estimate of drug-likeness (QED) is 0.601. The van der Waals surface area contributed by atoms with E-state index in [1.807, 2.05) is 6.08 Å².